The Kier molecular flexibility index (Phi) is 4.32. The molecule has 2 aromatic carbocycles. The second kappa shape index (κ2) is 6.22. The van der Waals surface area contributed by atoms with Crippen molar-refractivity contribution >= 4 is 41.1 Å². The predicted molar refractivity (Wildman–Crippen MR) is 113 cm³/mol. The average molecular weight is 478 g/mol. The maximum atomic E-state index is 13.0. The van der Waals surface area contributed by atoms with Crippen LogP contribution in [0, 0.1) is 3.57 Å². The van der Waals surface area contributed by atoms with Gasteiger partial charge in [-0.15, -0.1) is 0 Å². The van der Waals surface area contributed by atoms with Gasteiger partial charge in [0, 0.05) is 26.4 Å². The molecule has 2 fully saturated rings. The van der Waals surface area contributed by atoms with Gasteiger partial charge in [-0.05, 0) is 74.6 Å². The molecule has 0 saturated carbocycles. The van der Waals surface area contributed by atoms with E-state index in [9.17, 15) is 4.79 Å². The van der Waals surface area contributed by atoms with Crippen LogP contribution in [0.5, 0.6) is 0 Å². The van der Waals surface area contributed by atoms with Crippen LogP contribution < -0.4 is 4.90 Å². The van der Waals surface area contributed by atoms with Crippen LogP contribution in [0.4, 0.5) is 10.5 Å². The lowest BCUT2D eigenvalue weighted by molar-refractivity contribution is 0.00578. The van der Waals surface area contributed by atoms with Crippen molar-refractivity contribution in [2.45, 2.75) is 44.8 Å². The molecule has 1 amide bonds. The van der Waals surface area contributed by atoms with E-state index in [0.29, 0.717) is 0 Å². The molecule has 0 aromatic heterocycles. The Morgan fingerprint density at radius 1 is 0.926 bits per heavy atom. The van der Waals surface area contributed by atoms with Gasteiger partial charge in [-0.2, -0.15) is 0 Å². The first-order valence-corrected chi connectivity index (χ1v) is 10.1. The molecule has 1 spiro atoms. The van der Waals surface area contributed by atoms with Gasteiger partial charge in [-0.1, -0.05) is 35.9 Å². The quantitative estimate of drug-likeness (QED) is 0.447. The molecule has 7 heteroatoms. The standard InChI is InChI=1S/C20H22BINO4/c1-19(2)20(3,4)27-21(26-19)17(14-8-6-5-7-9-14)23(18(24)25-21)16-12-10-15(22)11-13-16/h5-13,17H,1-4H3/q-1. The number of carbonyl (C=O) groups is 1. The Morgan fingerprint density at radius 2 is 1.48 bits per heavy atom. The first-order chi connectivity index (χ1) is 12.7. The molecule has 2 aliphatic heterocycles. The summed E-state index contributed by atoms with van der Waals surface area (Å²) in [6.07, 6.45) is -0.460. The van der Waals surface area contributed by atoms with E-state index in [2.05, 4.69) is 22.6 Å². The zero-order chi connectivity index (χ0) is 19.4. The molecule has 2 aromatic rings. The monoisotopic (exact) mass is 478 g/mol. The van der Waals surface area contributed by atoms with Gasteiger partial charge in [0.1, 0.15) is 0 Å². The molecular weight excluding hydrogens is 456 g/mol. The highest BCUT2D eigenvalue weighted by Crippen LogP contribution is 2.52. The van der Waals surface area contributed by atoms with Crippen LogP contribution in [-0.2, 0) is 14.0 Å². The Labute approximate surface area is 173 Å². The molecule has 2 saturated heterocycles. The number of anilines is 1. The highest BCUT2D eigenvalue weighted by Gasteiger charge is 2.64. The van der Waals surface area contributed by atoms with Crippen LogP contribution >= 0.6 is 22.6 Å². The van der Waals surface area contributed by atoms with E-state index in [-0.39, 0.29) is 0 Å². The molecule has 0 bridgehead atoms. The van der Waals surface area contributed by atoms with Crippen molar-refractivity contribution in [3.05, 3.63) is 63.7 Å². The molecule has 0 aliphatic carbocycles. The van der Waals surface area contributed by atoms with Crippen molar-refractivity contribution < 1.29 is 18.8 Å². The van der Waals surface area contributed by atoms with Crippen molar-refractivity contribution in [3.8, 4) is 0 Å². The normalized spacial score (nSPS) is 25.0. The van der Waals surface area contributed by atoms with Crippen LogP contribution in [0.25, 0.3) is 0 Å². The van der Waals surface area contributed by atoms with E-state index in [1.165, 1.54) is 0 Å². The van der Waals surface area contributed by atoms with Crippen molar-refractivity contribution in [3.63, 3.8) is 0 Å². The second-order valence-electron chi connectivity index (χ2n) is 8.04. The topological polar surface area (TPSA) is 48.0 Å². The maximum Gasteiger partial charge on any atom is 0.466 e. The molecule has 1 unspecified atom stereocenters. The molecule has 4 rings (SSSR count). The van der Waals surface area contributed by atoms with Gasteiger partial charge in [0.2, 0.25) is 0 Å². The zero-order valence-electron chi connectivity index (χ0n) is 15.8. The molecule has 2 aliphatic rings. The third-order valence-electron chi connectivity index (χ3n) is 5.74. The minimum Gasteiger partial charge on any atom is -0.625 e. The summed E-state index contributed by atoms with van der Waals surface area (Å²) in [5, 5.41) is 0. The maximum absolute atomic E-state index is 13.0. The SMILES string of the molecule is CC1(C)O[B-]2(OC(=O)N(c3ccc(I)cc3)C2c2ccccc2)OC1(C)C. The van der Waals surface area contributed by atoms with Crippen LogP contribution in [0.3, 0.4) is 0 Å². The summed E-state index contributed by atoms with van der Waals surface area (Å²) in [4.78, 5) is 14.6. The summed E-state index contributed by atoms with van der Waals surface area (Å²) in [5.41, 5.74) is 0.447. The van der Waals surface area contributed by atoms with Gasteiger partial charge in [0.15, 0.2) is 0 Å². The summed E-state index contributed by atoms with van der Waals surface area (Å²) in [6.45, 7) is 5.52. The van der Waals surface area contributed by atoms with Crippen LogP contribution in [0.1, 0.15) is 39.2 Å². The number of hydrogen-bond donors (Lipinski definition) is 0. The molecule has 142 valence electrons. The lowest BCUT2D eigenvalue weighted by atomic mass is 9.65. The zero-order valence-corrected chi connectivity index (χ0v) is 18.0. The van der Waals surface area contributed by atoms with Gasteiger partial charge in [-0.25, -0.2) is 4.79 Å². The summed E-state index contributed by atoms with van der Waals surface area (Å²) in [6, 6.07) is 17.5. The smallest absolute Gasteiger partial charge is 0.466 e. The fourth-order valence-corrected chi connectivity index (χ4v) is 4.13. The molecule has 0 N–H and O–H groups in total. The molecule has 5 nitrogen and oxygen atoms in total. The fourth-order valence-electron chi connectivity index (χ4n) is 3.77. The minimum atomic E-state index is -2.34. The molecule has 27 heavy (non-hydrogen) atoms. The van der Waals surface area contributed by atoms with Gasteiger partial charge in [0.25, 0.3) is 0 Å². The number of nitrogens with zero attached hydrogens (tertiary/aromatic N) is 1. The lowest BCUT2D eigenvalue weighted by Gasteiger charge is -2.37. The summed E-state index contributed by atoms with van der Waals surface area (Å²) >= 11 is 2.24. The summed E-state index contributed by atoms with van der Waals surface area (Å²) in [7, 11) is 0. The van der Waals surface area contributed by atoms with Gasteiger partial charge >= 0.3 is 12.8 Å². The number of amides is 1. The van der Waals surface area contributed by atoms with E-state index in [1.54, 1.807) is 4.90 Å². The Bertz CT molecular complexity index is 853. The third-order valence-corrected chi connectivity index (χ3v) is 6.46. The number of rotatable bonds is 2. The van der Waals surface area contributed by atoms with Crippen molar-refractivity contribution in [1.82, 2.24) is 0 Å². The summed E-state index contributed by atoms with van der Waals surface area (Å²) < 4.78 is 19.7. The van der Waals surface area contributed by atoms with Crippen molar-refractivity contribution in [2.24, 2.45) is 0 Å². The Morgan fingerprint density at radius 3 is 2.04 bits per heavy atom. The molecule has 1 atom stereocenters. The van der Waals surface area contributed by atoms with Gasteiger partial charge < -0.3 is 18.9 Å². The number of halogens is 1. The van der Waals surface area contributed by atoms with E-state index in [0.717, 1.165) is 14.8 Å². The number of benzene rings is 2. The average Bonchev–Trinajstić information content (AvgIpc) is 2.96. The predicted octanol–water partition coefficient (Wildman–Crippen LogP) is 5.07. The minimum absolute atomic E-state index is 0.460. The number of carbonyl (C=O) groups excluding carboxylic acids is 1. The van der Waals surface area contributed by atoms with Crippen LogP contribution in [-0.4, -0.2) is 24.0 Å². The van der Waals surface area contributed by atoms with Crippen LogP contribution in [0.15, 0.2) is 54.6 Å². The first-order valence-electron chi connectivity index (χ1n) is 9.02. The molecule has 2 heterocycles. The molecule has 0 radical (unpaired) electrons. The first kappa shape index (κ1) is 18.8. The highest BCUT2D eigenvalue weighted by molar-refractivity contribution is 14.1. The summed E-state index contributed by atoms with van der Waals surface area (Å²) in [5.74, 6) is -0.500. The van der Waals surface area contributed by atoms with E-state index < -0.39 is 30.0 Å². The van der Waals surface area contributed by atoms with Crippen LogP contribution in [0.2, 0.25) is 0 Å². The van der Waals surface area contributed by atoms with E-state index >= 15 is 0 Å². The van der Waals surface area contributed by atoms with Gasteiger partial charge in [-0.3, -0.25) is 0 Å². The van der Waals surface area contributed by atoms with Crippen molar-refractivity contribution in [1.29, 1.82) is 0 Å². The fraction of sp³-hybridized carbons (Fsp3) is 0.350. The Hall–Kier alpha value is -1.58. The second-order valence-corrected chi connectivity index (χ2v) is 9.28. The van der Waals surface area contributed by atoms with Crippen molar-refractivity contribution in [2.75, 3.05) is 4.90 Å². The van der Waals surface area contributed by atoms with E-state index in [1.807, 2.05) is 82.3 Å². The third kappa shape index (κ3) is 2.96. The van der Waals surface area contributed by atoms with Gasteiger partial charge in [0.05, 0.1) is 0 Å². The number of hydrogen-bond acceptors (Lipinski definition) is 4. The lowest BCUT2D eigenvalue weighted by Crippen LogP contribution is -2.47. The largest absolute Gasteiger partial charge is 0.625 e. The molecular formula is C20H22BINO4-. The highest BCUT2D eigenvalue weighted by atomic mass is 127. The van der Waals surface area contributed by atoms with E-state index in [4.69, 9.17) is 14.0 Å². The Balaban J connectivity index is 1.86.